The van der Waals surface area contributed by atoms with Crippen molar-refractivity contribution in [2.75, 3.05) is 26.7 Å². The van der Waals surface area contributed by atoms with Crippen LogP contribution in [0.3, 0.4) is 0 Å². The Morgan fingerprint density at radius 1 is 1.04 bits per heavy atom. The second kappa shape index (κ2) is 10.5. The van der Waals surface area contributed by atoms with Crippen LogP contribution in [-0.2, 0) is 17.8 Å². The van der Waals surface area contributed by atoms with Gasteiger partial charge in [-0.1, -0.05) is 42.5 Å². The van der Waals surface area contributed by atoms with Crippen LogP contribution in [-0.4, -0.2) is 37.6 Å². The molecular formula is C21H28N2O2. The van der Waals surface area contributed by atoms with E-state index in [0.29, 0.717) is 19.6 Å². The van der Waals surface area contributed by atoms with Crippen molar-refractivity contribution in [3.8, 4) is 5.75 Å². The Morgan fingerprint density at radius 2 is 1.76 bits per heavy atom. The average molecular weight is 340 g/mol. The highest BCUT2D eigenvalue weighted by Crippen LogP contribution is 2.12. The zero-order chi connectivity index (χ0) is 17.9. The first-order chi connectivity index (χ1) is 12.2. The quantitative estimate of drug-likeness (QED) is 0.675. The van der Waals surface area contributed by atoms with Crippen molar-refractivity contribution in [3.63, 3.8) is 0 Å². The molecule has 0 heterocycles. The first-order valence-corrected chi connectivity index (χ1v) is 8.88. The topological polar surface area (TPSA) is 41.6 Å². The minimum Gasteiger partial charge on any atom is -0.494 e. The van der Waals surface area contributed by atoms with E-state index < -0.39 is 0 Å². The number of hydrogen-bond acceptors (Lipinski definition) is 3. The van der Waals surface area contributed by atoms with Gasteiger partial charge in [-0.25, -0.2) is 0 Å². The van der Waals surface area contributed by atoms with Crippen molar-refractivity contribution in [2.24, 2.45) is 0 Å². The summed E-state index contributed by atoms with van der Waals surface area (Å²) in [5.74, 6) is 0.906. The highest BCUT2D eigenvalue weighted by Gasteiger charge is 2.04. The molecule has 25 heavy (non-hydrogen) atoms. The Hall–Kier alpha value is -2.33. The van der Waals surface area contributed by atoms with Crippen LogP contribution in [0, 0.1) is 0 Å². The normalized spacial score (nSPS) is 10.7. The monoisotopic (exact) mass is 340 g/mol. The van der Waals surface area contributed by atoms with E-state index in [1.807, 2.05) is 37.3 Å². The Kier molecular flexibility index (Phi) is 7.99. The largest absolute Gasteiger partial charge is 0.494 e. The third-order valence-electron chi connectivity index (χ3n) is 3.93. The summed E-state index contributed by atoms with van der Waals surface area (Å²) in [4.78, 5) is 14.3. The van der Waals surface area contributed by atoms with Crippen LogP contribution in [0.5, 0.6) is 5.75 Å². The van der Waals surface area contributed by atoms with Crippen LogP contribution in [0.4, 0.5) is 0 Å². The third kappa shape index (κ3) is 7.40. The van der Waals surface area contributed by atoms with Crippen molar-refractivity contribution in [1.29, 1.82) is 0 Å². The van der Waals surface area contributed by atoms with Gasteiger partial charge in [0.2, 0.25) is 5.91 Å². The molecular weight excluding hydrogens is 312 g/mol. The molecule has 4 heteroatoms. The number of nitrogens with one attached hydrogen (secondary N) is 1. The Bertz CT molecular complexity index is 626. The maximum atomic E-state index is 12.0. The van der Waals surface area contributed by atoms with Gasteiger partial charge in [-0.05, 0) is 50.2 Å². The number of benzene rings is 2. The van der Waals surface area contributed by atoms with E-state index in [1.165, 1.54) is 5.56 Å². The maximum Gasteiger partial charge on any atom is 0.224 e. The summed E-state index contributed by atoms with van der Waals surface area (Å²) in [6.07, 6.45) is 1.35. The lowest BCUT2D eigenvalue weighted by Gasteiger charge is -2.16. The van der Waals surface area contributed by atoms with E-state index in [-0.39, 0.29) is 5.91 Å². The van der Waals surface area contributed by atoms with E-state index in [0.717, 1.165) is 30.8 Å². The molecule has 4 nitrogen and oxygen atoms in total. The maximum absolute atomic E-state index is 12.0. The summed E-state index contributed by atoms with van der Waals surface area (Å²) >= 11 is 0. The molecule has 2 aromatic carbocycles. The van der Waals surface area contributed by atoms with Crippen LogP contribution in [0.2, 0.25) is 0 Å². The van der Waals surface area contributed by atoms with Crippen LogP contribution in [0.25, 0.3) is 0 Å². The van der Waals surface area contributed by atoms with Gasteiger partial charge in [0, 0.05) is 13.1 Å². The number of carbonyl (C=O) groups is 1. The van der Waals surface area contributed by atoms with Crippen LogP contribution in [0.1, 0.15) is 24.5 Å². The van der Waals surface area contributed by atoms with Gasteiger partial charge in [0.15, 0.2) is 0 Å². The predicted molar refractivity (Wildman–Crippen MR) is 102 cm³/mol. The van der Waals surface area contributed by atoms with Crippen LogP contribution >= 0.6 is 0 Å². The zero-order valence-corrected chi connectivity index (χ0v) is 15.2. The van der Waals surface area contributed by atoms with Crippen LogP contribution < -0.4 is 10.1 Å². The molecule has 0 atom stereocenters. The summed E-state index contributed by atoms with van der Waals surface area (Å²) in [6.45, 7) is 5.20. The number of carbonyl (C=O) groups excluding carboxylic acids is 1. The number of ether oxygens (including phenoxy) is 1. The molecule has 0 bridgehead atoms. The molecule has 0 spiro atoms. The minimum absolute atomic E-state index is 0.0647. The summed E-state index contributed by atoms with van der Waals surface area (Å²) in [7, 11) is 2.11. The number of hydrogen-bond donors (Lipinski definition) is 1. The summed E-state index contributed by atoms with van der Waals surface area (Å²) < 4.78 is 5.41. The number of nitrogens with zero attached hydrogens (tertiary/aromatic N) is 1. The molecule has 0 aliphatic carbocycles. The fourth-order valence-electron chi connectivity index (χ4n) is 2.67. The smallest absolute Gasteiger partial charge is 0.224 e. The zero-order valence-electron chi connectivity index (χ0n) is 15.2. The van der Waals surface area contributed by atoms with E-state index in [1.54, 1.807) is 0 Å². The van der Waals surface area contributed by atoms with E-state index in [9.17, 15) is 4.79 Å². The molecule has 134 valence electrons. The average Bonchev–Trinajstić information content (AvgIpc) is 2.61. The predicted octanol–water partition coefficient (Wildman–Crippen LogP) is 3.27. The molecule has 2 rings (SSSR count). The molecule has 1 amide bonds. The lowest BCUT2D eigenvalue weighted by atomic mass is 10.1. The highest BCUT2D eigenvalue weighted by atomic mass is 16.5. The first kappa shape index (κ1) is 19.0. The number of rotatable bonds is 10. The summed E-state index contributed by atoms with van der Waals surface area (Å²) in [5.41, 5.74) is 2.31. The molecule has 0 saturated carbocycles. The Balaban J connectivity index is 1.61. The van der Waals surface area contributed by atoms with Gasteiger partial charge >= 0.3 is 0 Å². The standard InChI is InChI=1S/C21H28N2O2/c1-3-25-20-12-10-18(11-13-20)16-21(24)22-14-7-15-23(2)17-19-8-5-4-6-9-19/h4-6,8-13H,3,7,14-17H2,1-2H3,(H,22,24). The van der Waals surface area contributed by atoms with Crippen molar-refractivity contribution >= 4 is 5.91 Å². The second-order valence-corrected chi connectivity index (χ2v) is 6.18. The van der Waals surface area contributed by atoms with Gasteiger partial charge in [0.1, 0.15) is 5.75 Å². The molecule has 0 aliphatic rings. The van der Waals surface area contributed by atoms with E-state index in [4.69, 9.17) is 4.74 Å². The summed E-state index contributed by atoms with van der Waals surface area (Å²) in [6, 6.07) is 18.1. The van der Waals surface area contributed by atoms with Gasteiger partial charge in [-0.2, -0.15) is 0 Å². The molecule has 0 radical (unpaired) electrons. The molecule has 0 saturated heterocycles. The lowest BCUT2D eigenvalue weighted by Crippen LogP contribution is -2.29. The van der Waals surface area contributed by atoms with Crippen LogP contribution in [0.15, 0.2) is 54.6 Å². The molecule has 0 unspecified atom stereocenters. The third-order valence-corrected chi connectivity index (χ3v) is 3.93. The SMILES string of the molecule is CCOc1ccc(CC(=O)NCCCN(C)Cc2ccccc2)cc1. The fourth-order valence-corrected chi connectivity index (χ4v) is 2.67. The Labute approximate surface area is 150 Å². The summed E-state index contributed by atoms with van der Waals surface area (Å²) in [5, 5.41) is 2.99. The molecule has 0 fully saturated rings. The van der Waals surface area contributed by atoms with Crippen molar-refractivity contribution in [3.05, 3.63) is 65.7 Å². The molecule has 0 aromatic heterocycles. The first-order valence-electron chi connectivity index (χ1n) is 8.88. The van der Waals surface area contributed by atoms with Gasteiger partial charge in [0.05, 0.1) is 13.0 Å². The van der Waals surface area contributed by atoms with Crippen molar-refractivity contribution < 1.29 is 9.53 Å². The number of amides is 1. The molecule has 1 N–H and O–H groups in total. The molecule has 2 aromatic rings. The van der Waals surface area contributed by atoms with Gasteiger partial charge < -0.3 is 15.0 Å². The van der Waals surface area contributed by atoms with Gasteiger partial charge in [-0.3, -0.25) is 4.79 Å². The minimum atomic E-state index is 0.0647. The lowest BCUT2D eigenvalue weighted by molar-refractivity contribution is -0.120. The van der Waals surface area contributed by atoms with E-state index >= 15 is 0 Å². The highest BCUT2D eigenvalue weighted by molar-refractivity contribution is 5.78. The fraction of sp³-hybridized carbons (Fsp3) is 0.381. The second-order valence-electron chi connectivity index (χ2n) is 6.18. The van der Waals surface area contributed by atoms with E-state index in [2.05, 4.69) is 41.5 Å². The van der Waals surface area contributed by atoms with Crippen molar-refractivity contribution in [2.45, 2.75) is 26.3 Å². The Morgan fingerprint density at radius 3 is 2.44 bits per heavy atom. The van der Waals surface area contributed by atoms with Crippen molar-refractivity contribution in [1.82, 2.24) is 10.2 Å². The van der Waals surface area contributed by atoms with Gasteiger partial charge in [-0.15, -0.1) is 0 Å². The van der Waals surface area contributed by atoms with Gasteiger partial charge in [0.25, 0.3) is 0 Å². The molecule has 0 aliphatic heterocycles.